The van der Waals surface area contributed by atoms with Gasteiger partial charge in [-0.15, -0.1) is 0 Å². The van der Waals surface area contributed by atoms with Crippen LogP contribution >= 0.6 is 23.2 Å². The van der Waals surface area contributed by atoms with Gasteiger partial charge in [-0.05, 0) is 70.4 Å². The van der Waals surface area contributed by atoms with Crippen LogP contribution in [0.5, 0.6) is 5.75 Å². The van der Waals surface area contributed by atoms with Crippen LogP contribution in [0, 0.1) is 5.92 Å². The van der Waals surface area contributed by atoms with E-state index in [9.17, 15) is 9.59 Å². The van der Waals surface area contributed by atoms with Crippen LogP contribution in [0.15, 0.2) is 36.4 Å². The van der Waals surface area contributed by atoms with Crippen molar-refractivity contribution in [2.24, 2.45) is 5.92 Å². The summed E-state index contributed by atoms with van der Waals surface area (Å²) in [4.78, 5) is 31.6. The first-order valence-electron chi connectivity index (χ1n) is 12.5. The number of benzene rings is 2. The number of hydrogen-bond acceptors (Lipinski definition) is 4. The van der Waals surface area contributed by atoms with Gasteiger partial charge in [-0.25, -0.2) is 0 Å². The number of nitrogens with zero attached hydrogens (tertiary/aromatic N) is 2. The molecule has 1 aliphatic rings. The van der Waals surface area contributed by atoms with Gasteiger partial charge < -0.3 is 19.9 Å². The van der Waals surface area contributed by atoms with Crippen molar-refractivity contribution in [2.75, 3.05) is 18.0 Å². The lowest BCUT2D eigenvalue weighted by atomic mass is 9.99. The fraction of sp³-hybridized carbons (Fsp3) is 0.500. The first kappa shape index (κ1) is 28.1. The lowest BCUT2D eigenvalue weighted by Crippen LogP contribution is -2.51. The molecule has 0 radical (unpaired) electrons. The van der Waals surface area contributed by atoms with E-state index in [2.05, 4.69) is 24.1 Å². The van der Waals surface area contributed by atoms with Crippen molar-refractivity contribution in [3.63, 3.8) is 0 Å². The molecule has 0 aromatic heterocycles. The minimum Gasteiger partial charge on any atom is -0.480 e. The molecule has 0 fully saturated rings. The van der Waals surface area contributed by atoms with E-state index in [-0.39, 0.29) is 24.3 Å². The summed E-state index contributed by atoms with van der Waals surface area (Å²) >= 11 is 12.5. The van der Waals surface area contributed by atoms with Crippen molar-refractivity contribution < 1.29 is 14.3 Å². The van der Waals surface area contributed by atoms with Crippen molar-refractivity contribution >= 4 is 40.7 Å². The second-order valence-electron chi connectivity index (χ2n) is 10.6. The topological polar surface area (TPSA) is 61.9 Å². The van der Waals surface area contributed by atoms with E-state index in [4.69, 9.17) is 27.9 Å². The molecule has 196 valence electrons. The number of amides is 2. The summed E-state index contributed by atoms with van der Waals surface area (Å²) in [7, 11) is 0. The first-order chi connectivity index (χ1) is 16.8. The van der Waals surface area contributed by atoms with E-state index >= 15 is 0 Å². The molecule has 2 aromatic carbocycles. The van der Waals surface area contributed by atoms with E-state index in [1.165, 1.54) is 0 Å². The number of hydrogen-bond donors (Lipinski definition) is 1. The number of fused-ring (bicyclic) bond motifs is 1. The molecule has 2 unspecified atom stereocenters. The summed E-state index contributed by atoms with van der Waals surface area (Å²) in [5.74, 6) is -0.0889. The van der Waals surface area contributed by atoms with Crippen LogP contribution in [-0.4, -0.2) is 41.4 Å². The number of carbonyl (C=O) groups excluding carboxylic acids is 2. The third kappa shape index (κ3) is 6.46. The summed E-state index contributed by atoms with van der Waals surface area (Å²) in [6, 6.07) is 10.1. The predicted molar refractivity (Wildman–Crippen MR) is 147 cm³/mol. The maximum atomic E-state index is 14.0. The Kier molecular flexibility index (Phi) is 8.84. The number of nitrogens with one attached hydrogen (secondary N) is 1. The highest BCUT2D eigenvalue weighted by Crippen LogP contribution is 2.39. The summed E-state index contributed by atoms with van der Waals surface area (Å²) < 4.78 is 6.39. The smallest absolute Gasteiger partial charge is 0.265 e. The van der Waals surface area contributed by atoms with Gasteiger partial charge in [-0.1, -0.05) is 43.1 Å². The Morgan fingerprint density at radius 1 is 1.08 bits per heavy atom. The van der Waals surface area contributed by atoms with Gasteiger partial charge >= 0.3 is 0 Å². The summed E-state index contributed by atoms with van der Waals surface area (Å²) in [5, 5.41) is 4.01. The Bertz CT molecular complexity index is 1090. The summed E-state index contributed by atoms with van der Waals surface area (Å²) in [6.45, 7) is 15.6. The van der Waals surface area contributed by atoms with Crippen LogP contribution in [-0.2, 0) is 16.1 Å². The zero-order chi connectivity index (χ0) is 26.8. The van der Waals surface area contributed by atoms with Crippen molar-refractivity contribution in [1.82, 2.24) is 10.2 Å². The molecule has 1 aliphatic heterocycles. The number of halogens is 2. The Hall–Kier alpha value is -2.44. The first-order valence-corrected chi connectivity index (χ1v) is 13.2. The average Bonchev–Trinajstić information content (AvgIpc) is 2.87. The van der Waals surface area contributed by atoms with E-state index in [1.807, 2.05) is 52.8 Å². The van der Waals surface area contributed by atoms with Crippen LogP contribution < -0.4 is 15.0 Å². The van der Waals surface area contributed by atoms with E-state index in [0.717, 1.165) is 24.3 Å². The van der Waals surface area contributed by atoms with Gasteiger partial charge in [0.1, 0.15) is 11.8 Å². The van der Waals surface area contributed by atoms with Crippen LogP contribution in [0.1, 0.15) is 65.6 Å². The molecule has 2 aromatic rings. The molecule has 0 aliphatic carbocycles. The van der Waals surface area contributed by atoms with Crippen LogP contribution in [0.2, 0.25) is 10.0 Å². The minimum absolute atomic E-state index is 0.114. The molecule has 3 rings (SSSR count). The van der Waals surface area contributed by atoms with Gasteiger partial charge in [0.25, 0.3) is 5.91 Å². The monoisotopic (exact) mass is 533 g/mol. The lowest BCUT2D eigenvalue weighted by molar-refractivity contribution is -0.147. The molecule has 1 N–H and O–H groups in total. The van der Waals surface area contributed by atoms with E-state index in [0.29, 0.717) is 21.4 Å². The zero-order valence-electron chi connectivity index (χ0n) is 22.2. The largest absolute Gasteiger partial charge is 0.480 e. The Balaban J connectivity index is 2.20. The quantitative estimate of drug-likeness (QED) is 0.457. The standard InChI is InChI=1S/C28H37Cl2N3O3/c1-8-32(9-2)21-10-11-22-23(15-21)36-25(17(3)4)27(35)33(24(22)26(34)31-28(5,6)7)16-18-12-19(29)14-20(30)13-18/h10-15,17,24-25H,8-9,16H2,1-7H3,(H,31,34). The third-order valence-electron chi connectivity index (χ3n) is 6.14. The molecule has 6 nitrogen and oxygen atoms in total. The second kappa shape index (κ2) is 11.3. The Morgan fingerprint density at radius 3 is 2.22 bits per heavy atom. The molecule has 2 amide bonds. The van der Waals surface area contributed by atoms with Gasteiger partial charge in [-0.3, -0.25) is 9.59 Å². The maximum absolute atomic E-state index is 14.0. The van der Waals surface area contributed by atoms with Crippen LogP contribution in [0.3, 0.4) is 0 Å². The number of ether oxygens (including phenoxy) is 1. The van der Waals surface area contributed by atoms with Crippen molar-refractivity contribution in [2.45, 2.75) is 72.7 Å². The maximum Gasteiger partial charge on any atom is 0.265 e. The lowest BCUT2D eigenvalue weighted by Gasteiger charge is -2.33. The Morgan fingerprint density at radius 2 is 1.69 bits per heavy atom. The van der Waals surface area contributed by atoms with E-state index < -0.39 is 17.7 Å². The van der Waals surface area contributed by atoms with Gasteiger partial charge in [0.2, 0.25) is 5.91 Å². The highest BCUT2D eigenvalue weighted by molar-refractivity contribution is 6.34. The molecule has 0 bridgehead atoms. The molecule has 36 heavy (non-hydrogen) atoms. The van der Waals surface area contributed by atoms with Gasteiger partial charge in [0.15, 0.2) is 6.10 Å². The van der Waals surface area contributed by atoms with Gasteiger partial charge in [0.05, 0.1) is 0 Å². The molecular weight excluding hydrogens is 497 g/mol. The summed E-state index contributed by atoms with van der Waals surface area (Å²) in [6.07, 6.45) is -0.752. The Labute approximate surface area is 224 Å². The molecule has 0 spiro atoms. The summed E-state index contributed by atoms with van der Waals surface area (Å²) in [5.41, 5.74) is 1.88. The van der Waals surface area contributed by atoms with Crippen molar-refractivity contribution in [1.29, 1.82) is 0 Å². The molecule has 0 saturated carbocycles. The fourth-order valence-corrected chi connectivity index (χ4v) is 5.06. The van der Waals surface area contributed by atoms with E-state index in [1.54, 1.807) is 23.1 Å². The highest BCUT2D eigenvalue weighted by atomic mass is 35.5. The minimum atomic E-state index is -0.890. The fourth-order valence-electron chi connectivity index (χ4n) is 4.49. The van der Waals surface area contributed by atoms with Crippen molar-refractivity contribution in [3.05, 3.63) is 57.6 Å². The molecule has 8 heteroatoms. The third-order valence-corrected chi connectivity index (χ3v) is 6.58. The molecule has 1 heterocycles. The molecule has 0 saturated heterocycles. The number of anilines is 1. The number of carbonyl (C=O) groups is 2. The van der Waals surface area contributed by atoms with Gasteiger partial charge in [0, 0.05) is 52.5 Å². The SMILES string of the molecule is CCN(CC)c1ccc2c(c1)OC(C(C)C)C(=O)N(Cc1cc(Cl)cc(Cl)c1)C2C(=O)NC(C)(C)C. The molecular formula is C28H37Cl2N3O3. The van der Waals surface area contributed by atoms with Crippen molar-refractivity contribution in [3.8, 4) is 5.75 Å². The van der Waals surface area contributed by atoms with Crippen LogP contribution in [0.25, 0.3) is 0 Å². The second-order valence-corrected chi connectivity index (χ2v) is 11.4. The van der Waals surface area contributed by atoms with Crippen LogP contribution in [0.4, 0.5) is 5.69 Å². The zero-order valence-corrected chi connectivity index (χ0v) is 23.7. The number of rotatable bonds is 7. The molecule has 2 atom stereocenters. The average molecular weight is 535 g/mol. The van der Waals surface area contributed by atoms with Gasteiger partial charge in [-0.2, -0.15) is 0 Å². The predicted octanol–water partition coefficient (Wildman–Crippen LogP) is 6.24. The highest BCUT2D eigenvalue weighted by Gasteiger charge is 2.42. The normalized spacial score (nSPS) is 17.9.